The molecule has 96 valence electrons. The van der Waals surface area contributed by atoms with Crippen molar-refractivity contribution in [3.05, 3.63) is 51.0 Å². The Labute approximate surface area is 113 Å². The Morgan fingerprint density at radius 1 is 1.22 bits per heavy atom. The molecule has 0 atom stereocenters. The quantitative estimate of drug-likeness (QED) is 0.911. The molecule has 0 bridgehead atoms. The number of benzene rings is 1. The summed E-state index contributed by atoms with van der Waals surface area (Å²) in [6.07, 6.45) is 0.907. The maximum absolute atomic E-state index is 5.79. The summed E-state index contributed by atoms with van der Waals surface area (Å²) in [6, 6.07) is 8.65. The third-order valence-corrected chi connectivity index (χ3v) is 4.07. The highest BCUT2D eigenvalue weighted by molar-refractivity contribution is 7.11. The average Bonchev–Trinajstić information content (AvgIpc) is 2.75. The van der Waals surface area contributed by atoms with Gasteiger partial charge in [0.2, 0.25) is 0 Å². The van der Waals surface area contributed by atoms with E-state index in [-0.39, 0.29) is 0 Å². The predicted molar refractivity (Wildman–Crippen MR) is 78.1 cm³/mol. The Morgan fingerprint density at radius 3 is 2.39 bits per heavy atom. The first-order valence-electron chi connectivity index (χ1n) is 6.34. The Hall–Kier alpha value is -1.19. The monoisotopic (exact) mass is 260 g/mol. The van der Waals surface area contributed by atoms with Crippen LogP contribution in [-0.2, 0) is 13.0 Å². The SMILES string of the molecule is Cc1ccc(Cc2nc(C(C)C)c(CN)s2)cc1. The number of aryl methyl sites for hydroxylation is 1. The standard InChI is InChI=1S/C15H20N2S/c1-10(2)15-13(9-16)18-14(17-15)8-12-6-4-11(3)5-7-12/h4-7,10H,8-9,16H2,1-3H3. The number of thiazole rings is 1. The fraction of sp³-hybridized carbons (Fsp3) is 0.400. The van der Waals surface area contributed by atoms with E-state index in [9.17, 15) is 0 Å². The minimum absolute atomic E-state index is 0.451. The summed E-state index contributed by atoms with van der Waals surface area (Å²) in [5.41, 5.74) is 9.56. The molecule has 0 aliphatic heterocycles. The van der Waals surface area contributed by atoms with Crippen LogP contribution in [-0.4, -0.2) is 4.98 Å². The van der Waals surface area contributed by atoms with Crippen LogP contribution in [0, 0.1) is 6.92 Å². The third-order valence-electron chi connectivity index (χ3n) is 2.98. The molecule has 18 heavy (non-hydrogen) atoms. The lowest BCUT2D eigenvalue weighted by Gasteiger charge is -2.01. The molecule has 0 radical (unpaired) electrons. The minimum atomic E-state index is 0.451. The first kappa shape index (κ1) is 13.2. The molecule has 0 fully saturated rings. The van der Waals surface area contributed by atoms with E-state index in [1.807, 2.05) is 0 Å². The minimum Gasteiger partial charge on any atom is -0.326 e. The zero-order valence-electron chi connectivity index (χ0n) is 11.2. The van der Waals surface area contributed by atoms with Crippen molar-refractivity contribution in [1.82, 2.24) is 4.98 Å². The first-order chi connectivity index (χ1) is 8.60. The van der Waals surface area contributed by atoms with Crippen molar-refractivity contribution in [2.45, 2.75) is 39.7 Å². The summed E-state index contributed by atoms with van der Waals surface area (Å²) >= 11 is 1.75. The predicted octanol–water partition coefficient (Wildman–Crippen LogP) is 3.62. The largest absolute Gasteiger partial charge is 0.326 e. The molecule has 0 aliphatic carbocycles. The summed E-state index contributed by atoms with van der Waals surface area (Å²) < 4.78 is 0. The van der Waals surface area contributed by atoms with Crippen molar-refractivity contribution >= 4 is 11.3 Å². The average molecular weight is 260 g/mol. The zero-order valence-corrected chi connectivity index (χ0v) is 12.1. The lowest BCUT2D eigenvalue weighted by Crippen LogP contribution is -1.99. The Bertz CT molecular complexity index is 512. The summed E-state index contributed by atoms with van der Waals surface area (Å²) in [6.45, 7) is 7.05. The molecule has 0 saturated carbocycles. The van der Waals surface area contributed by atoms with Crippen LogP contribution >= 0.6 is 11.3 Å². The zero-order chi connectivity index (χ0) is 13.1. The van der Waals surface area contributed by atoms with E-state index in [0.717, 1.165) is 6.42 Å². The highest BCUT2D eigenvalue weighted by Gasteiger charge is 2.13. The van der Waals surface area contributed by atoms with Crippen molar-refractivity contribution in [3.63, 3.8) is 0 Å². The fourth-order valence-electron chi connectivity index (χ4n) is 1.97. The normalized spacial score (nSPS) is 11.2. The van der Waals surface area contributed by atoms with Crippen LogP contribution in [0.1, 0.15) is 46.5 Å². The van der Waals surface area contributed by atoms with Crippen LogP contribution in [0.5, 0.6) is 0 Å². The summed E-state index contributed by atoms with van der Waals surface area (Å²) in [5.74, 6) is 0.451. The molecule has 1 aromatic carbocycles. The smallest absolute Gasteiger partial charge is 0.0975 e. The van der Waals surface area contributed by atoms with Gasteiger partial charge in [0, 0.05) is 17.8 Å². The van der Waals surface area contributed by atoms with Gasteiger partial charge in [-0.1, -0.05) is 43.7 Å². The van der Waals surface area contributed by atoms with Gasteiger partial charge in [-0.25, -0.2) is 4.98 Å². The Morgan fingerprint density at radius 2 is 1.89 bits per heavy atom. The van der Waals surface area contributed by atoms with E-state index >= 15 is 0 Å². The molecule has 0 spiro atoms. The van der Waals surface area contributed by atoms with Gasteiger partial charge in [0.1, 0.15) is 0 Å². The van der Waals surface area contributed by atoms with Crippen molar-refractivity contribution < 1.29 is 0 Å². The van der Waals surface area contributed by atoms with Gasteiger partial charge < -0.3 is 5.73 Å². The second-order valence-corrected chi connectivity index (χ2v) is 6.11. The van der Waals surface area contributed by atoms with E-state index in [4.69, 9.17) is 10.7 Å². The van der Waals surface area contributed by atoms with Gasteiger partial charge in [-0.3, -0.25) is 0 Å². The molecular formula is C15H20N2S. The van der Waals surface area contributed by atoms with Gasteiger partial charge >= 0.3 is 0 Å². The molecule has 0 amide bonds. The molecule has 1 aromatic heterocycles. The highest BCUT2D eigenvalue weighted by atomic mass is 32.1. The van der Waals surface area contributed by atoms with Gasteiger partial charge in [-0.15, -0.1) is 11.3 Å². The number of nitrogens with two attached hydrogens (primary N) is 1. The van der Waals surface area contributed by atoms with Crippen LogP contribution in [0.25, 0.3) is 0 Å². The second kappa shape index (κ2) is 5.63. The molecule has 3 heteroatoms. The Kier molecular flexibility index (Phi) is 4.15. The van der Waals surface area contributed by atoms with Crippen molar-refractivity contribution in [3.8, 4) is 0 Å². The molecule has 2 N–H and O–H groups in total. The molecular weight excluding hydrogens is 240 g/mol. The van der Waals surface area contributed by atoms with Crippen LogP contribution in [0.15, 0.2) is 24.3 Å². The van der Waals surface area contributed by atoms with Gasteiger partial charge in [-0.05, 0) is 18.4 Å². The molecule has 0 unspecified atom stereocenters. The highest BCUT2D eigenvalue weighted by Crippen LogP contribution is 2.26. The van der Waals surface area contributed by atoms with Gasteiger partial charge in [0.15, 0.2) is 0 Å². The first-order valence-corrected chi connectivity index (χ1v) is 7.16. The molecule has 0 saturated heterocycles. The van der Waals surface area contributed by atoms with E-state index in [0.29, 0.717) is 12.5 Å². The lowest BCUT2D eigenvalue weighted by molar-refractivity contribution is 0.806. The van der Waals surface area contributed by atoms with Crippen molar-refractivity contribution in [2.24, 2.45) is 5.73 Å². The number of hydrogen-bond donors (Lipinski definition) is 1. The number of aromatic nitrogens is 1. The van der Waals surface area contributed by atoms with Crippen molar-refractivity contribution in [2.75, 3.05) is 0 Å². The van der Waals surface area contributed by atoms with E-state index in [2.05, 4.69) is 45.0 Å². The van der Waals surface area contributed by atoms with Gasteiger partial charge in [0.25, 0.3) is 0 Å². The summed E-state index contributed by atoms with van der Waals surface area (Å²) in [5, 5.41) is 1.17. The molecule has 2 nitrogen and oxygen atoms in total. The van der Waals surface area contributed by atoms with Gasteiger partial charge in [-0.2, -0.15) is 0 Å². The summed E-state index contributed by atoms with van der Waals surface area (Å²) in [4.78, 5) is 5.97. The topological polar surface area (TPSA) is 38.9 Å². The number of nitrogens with zero attached hydrogens (tertiary/aromatic N) is 1. The van der Waals surface area contributed by atoms with E-state index < -0.39 is 0 Å². The van der Waals surface area contributed by atoms with E-state index in [1.54, 1.807) is 11.3 Å². The molecule has 2 aromatic rings. The maximum Gasteiger partial charge on any atom is 0.0975 e. The molecule has 1 heterocycles. The lowest BCUT2D eigenvalue weighted by atomic mass is 10.1. The maximum atomic E-state index is 5.79. The molecule has 0 aliphatic rings. The summed E-state index contributed by atoms with van der Waals surface area (Å²) in [7, 11) is 0. The fourth-order valence-corrected chi connectivity index (χ4v) is 3.10. The number of rotatable bonds is 4. The van der Waals surface area contributed by atoms with Crippen LogP contribution in [0.2, 0.25) is 0 Å². The second-order valence-electron chi connectivity index (χ2n) is 4.94. The number of hydrogen-bond acceptors (Lipinski definition) is 3. The van der Waals surface area contributed by atoms with Crippen LogP contribution in [0.4, 0.5) is 0 Å². The van der Waals surface area contributed by atoms with Crippen molar-refractivity contribution in [1.29, 1.82) is 0 Å². The van der Waals surface area contributed by atoms with E-state index in [1.165, 1.54) is 26.7 Å². The van der Waals surface area contributed by atoms with Crippen LogP contribution in [0.3, 0.4) is 0 Å². The Balaban J connectivity index is 2.21. The third kappa shape index (κ3) is 2.98. The van der Waals surface area contributed by atoms with Gasteiger partial charge in [0.05, 0.1) is 10.7 Å². The van der Waals surface area contributed by atoms with Crippen LogP contribution < -0.4 is 5.73 Å². The molecule has 2 rings (SSSR count).